The third-order valence-electron chi connectivity index (χ3n) is 12.3. The number of hydrogen-bond donors (Lipinski definition) is 10. The zero-order chi connectivity index (χ0) is 49.0. The fraction of sp³-hybridized carbons (Fsp3) is 0.535. The van der Waals surface area contributed by atoms with E-state index in [0.29, 0.717) is 13.2 Å². The SMILES string of the molecule is COc1cccc2c1C(=O)c1c(O)c3c(c(O)c1C2=O)C[C@@](O)(C(=O)NCCNC(=O)CNC(=O)CNC(=O)CNC(=O)CNC(=O)CN)C[C@@H]3OC1C[C@H]2[C@H](O[C@@H]3[C@@H](OC)OCCN32)[C@H](C)O1. The van der Waals surface area contributed by atoms with E-state index in [1.165, 1.54) is 32.4 Å². The molecule has 2 aliphatic carbocycles. The lowest BCUT2D eigenvalue weighted by atomic mass is 9.72. The Morgan fingerprint density at radius 3 is 2.07 bits per heavy atom. The second kappa shape index (κ2) is 20.9. The third kappa shape index (κ3) is 10.1. The summed E-state index contributed by atoms with van der Waals surface area (Å²) in [6.07, 6.45) is -5.57. The number of phenols is 2. The quantitative estimate of drug-likeness (QED) is 0.0453. The van der Waals surface area contributed by atoms with Crippen LogP contribution in [0.3, 0.4) is 0 Å². The number of morpholine rings is 1. The van der Waals surface area contributed by atoms with Crippen LogP contribution in [-0.4, -0.2) is 183 Å². The van der Waals surface area contributed by atoms with Gasteiger partial charge in [-0.25, -0.2) is 0 Å². The molecule has 3 heterocycles. The van der Waals surface area contributed by atoms with Crippen LogP contribution in [0.5, 0.6) is 17.2 Å². The van der Waals surface area contributed by atoms with E-state index in [2.05, 4.69) is 36.8 Å². The predicted molar refractivity (Wildman–Crippen MR) is 229 cm³/mol. The van der Waals surface area contributed by atoms with Crippen molar-refractivity contribution in [1.82, 2.24) is 36.8 Å². The molecule has 25 nitrogen and oxygen atoms in total. The van der Waals surface area contributed by atoms with E-state index in [1.807, 2.05) is 0 Å². The van der Waals surface area contributed by atoms with Gasteiger partial charge in [-0.15, -0.1) is 0 Å². The molecule has 0 saturated carbocycles. The molecule has 0 spiro atoms. The van der Waals surface area contributed by atoms with Crippen molar-refractivity contribution in [3.63, 3.8) is 0 Å². The standard InChI is InChI=1S/C43H54N8O17/c1-19-39-22(51-9-10-65-41(64-3)40(51)68-39)11-30(66-19)67-24-13-43(62,12-21-32(24)38(60)34-33(36(21)58)35(57)20-5-4-6-23(63-2)31(20)37(34)59)42(61)46-8-7-45-26(53)15-48-28(55)17-50-29(56)18-49-27(54)16-47-25(52)14-44/h4-6,19,22,24,30,39-41,58,60,62H,7-18,44H2,1-3H3,(H,45,53)(H,46,61)(H,47,52)(H,48,55)(H,49,54)(H,50,56)/t19-,22-,24-,30?,39+,40+,41-,43-/m0/s1. The van der Waals surface area contributed by atoms with Crippen LogP contribution < -0.4 is 42.4 Å². The van der Waals surface area contributed by atoms with E-state index < -0.39 is 151 Å². The van der Waals surface area contributed by atoms with E-state index in [0.717, 1.165) is 0 Å². The first kappa shape index (κ1) is 49.6. The van der Waals surface area contributed by atoms with Gasteiger partial charge in [0.25, 0.3) is 5.91 Å². The van der Waals surface area contributed by atoms with E-state index in [-0.39, 0.29) is 60.1 Å². The molecule has 8 atom stereocenters. The first-order valence-corrected chi connectivity index (χ1v) is 21.8. The highest BCUT2D eigenvalue weighted by Crippen LogP contribution is 2.53. The summed E-state index contributed by atoms with van der Waals surface area (Å²) in [5, 5.41) is 50.2. The Morgan fingerprint density at radius 2 is 1.44 bits per heavy atom. The van der Waals surface area contributed by atoms with E-state index in [1.54, 1.807) is 6.92 Å². The Labute approximate surface area is 388 Å². The summed E-state index contributed by atoms with van der Waals surface area (Å²) in [7, 11) is 2.82. The molecule has 25 heteroatoms. The van der Waals surface area contributed by atoms with E-state index in [4.69, 9.17) is 34.2 Å². The number of carbonyl (C=O) groups is 8. The summed E-state index contributed by atoms with van der Waals surface area (Å²) < 4.78 is 35.8. The summed E-state index contributed by atoms with van der Waals surface area (Å²) >= 11 is 0. The van der Waals surface area contributed by atoms with Gasteiger partial charge in [0.15, 0.2) is 24.6 Å². The number of ketones is 2. The number of hydrogen-bond acceptors (Lipinski definition) is 19. The van der Waals surface area contributed by atoms with Crippen molar-refractivity contribution in [3.05, 3.63) is 51.6 Å². The molecule has 3 fully saturated rings. The number of fused-ring (bicyclic) bond motifs is 6. The Kier molecular flexibility index (Phi) is 15.2. The second-order valence-corrected chi connectivity index (χ2v) is 16.6. The lowest BCUT2D eigenvalue weighted by molar-refractivity contribution is -0.256. The summed E-state index contributed by atoms with van der Waals surface area (Å²) in [5.74, 6) is -7.31. The van der Waals surface area contributed by atoms with E-state index in [9.17, 15) is 53.7 Å². The number of nitrogens with two attached hydrogens (primary N) is 1. The highest BCUT2D eigenvalue weighted by molar-refractivity contribution is 6.31. The van der Waals surface area contributed by atoms with Crippen molar-refractivity contribution in [3.8, 4) is 17.2 Å². The molecule has 368 valence electrons. The molecule has 68 heavy (non-hydrogen) atoms. The van der Waals surface area contributed by atoms with Crippen LogP contribution in [0.25, 0.3) is 0 Å². The van der Waals surface area contributed by atoms with Crippen LogP contribution in [0.1, 0.15) is 68.8 Å². The van der Waals surface area contributed by atoms with Crippen LogP contribution in [0.4, 0.5) is 0 Å². The predicted octanol–water partition coefficient (Wildman–Crippen LogP) is -4.19. The van der Waals surface area contributed by atoms with Gasteiger partial charge in [-0.05, 0) is 13.0 Å². The fourth-order valence-electron chi connectivity index (χ4n) is 9.08. The minimum atomic E-state index is -2.37. The molecular weight excluding hydrogens is 901 g/mol. The minimum absolute atomic E-state index is 0.0639. The number of aliphatic hydroxyl groups is 1. The Balaban J connectivity index is 1.02. The number of rotatable bonds is 17. The van der Waals surface area contributed by atoms with Gasteiger partial charge in [-0.3, -0.25) is 43.3 Å². The van der Waals surface area contributed by atoms with Crippen molar-refractivity contribution in [2.45, 2.75) is 74.9 Å². The monoisotopic (exact) mass is 954 g/mol. The molecule has 6 amide bonds. The Morgan fingerprint density at radius 1 is 0.824 bits per heavy atom. The summed E-state index contributed by atoms with van der Waals surface area (Å²) in [6, 6.07) is 4.08. The number of nitrogens with zero attached hydrogens (tertiary/aromatic N) is 1. The van der Waals surface area contributed by atoms with Crippen molar-refractivity contribution >= 4 is 47.0 Å². The number of benzene rings is 2. The first-order chi connectivity index (χ1) is 32.5. The molecule has 1 unspecified atom stereocenters. The number of amides is 6. The maximum Gasteiger partial charge on any atom is 0.252 e. The lowest BCUT2D eigenvalue weighted by Gasteiger charge is -2.43. The maximum absolute atomic E-state index is 14.2. The second-order valence-electron chi connectivity index (χ2n) is 16.6. The van der Waals surface area contributed by atoms with Crippen LogP contribution in [0.2, 0.25) is 0 Å². The number of aromatic hydroxyl groups is 2. The van der Waals surface area contributed by atoms with E-state index >= 15 is 0 Å². The van der Waals surface area contributed by atoms with Gasteiger partial charge in [0.2, 0.25) is 35.3 Å². The Bertz CT molecular complexity index is 2370. The molecule has 0 bridgehead atoms. The van der Waals surface area contributed by atoms with Crippen LogP contribution in [-0.2, 0) is 58.9 Å². The van der Waals surface area contributed by atoms with Gasteiger partial charge in [-0.2, -0.15) is 0 Å². The summed E-state index contributed by atoms with van der Waals surface area (Å²) in [5.41, 5.74) is 1.18. The average molecular weight is 955 g/mol. The maximum atomic E-state index is 14.2. The minimum Gasteiger partial charge on any atom is -0.507 e. The highest BCUT2D eigenvalue weighted by atomic mass is 16.7. The topological polar surface area (TPSA) is 354 Å². The Hall–Kier alpha value is -6.32. The van der Waals surface area contributed by atoms with Crippen molar-refractivity contribution in [2.24, 2.45) is 5.73 Å². The first-order valence-electron chi connectivity index (χ1n) is 21.8. The molecular formula is C43H54N8O17. The molecule has 2 aromatic carbocycles. The molecule has 2 aromatic rings. The molecule has 11 N–H and O–H groups in total. The highest BCUT2D eigenvalue weighted by Gasteiger charge is 2.55. The molecule has 0 radical (unpaired) electrons. The van der Waals surface area contributed by atoms with Crippen molar-refractivity contribution < 1.29 is 82.1 Å². The van der Waals surface area contributed by atoms with Gasteiger partial charge in [0.05, 0.1) is 75.3 Å². The van der Waals surface area contributed by atoms with Crippen LogP contribution >= 0.6 is 0 Å². The van der Waals surface area contributed by atoms with Gasteiger partial charge in [-0.1, -0.05) is 12.1 Å². The van der Waals surface area contributed by atoms with Crippen LogP contribution in [0.15, 0.2) is 18.2 Å². The number of phenolic OH excluding ortho intramolecular Hbond substituents is 2. The fourth-order valence-corrected chi connectivity index (χ4v) is 9.08. The van der Waals surface area contributed by atoms with Gasteiger partial charge >= 0.3 is 0 Å². The molecule has 5 aliphatic rings. The lowest BCUT2D eigenvalue weighted by Crippen LogP contribution is -2.55. The van der Waals surface area contributed by atoms with Gasteiger partial charge < -0.3 is 81.4 Å². The van der Waals surface area contributed by atoms with Crippen molar-refractivity contribution in [1.29, 1.82) is 0 Å². The smallest absolute Gasteiger partial charge is 0.252 e. The summed E-state index contributed by atoms with van der Waals surface area (Å²) in [6.45, 7) is 0.0150. The average Bonchev–Trinajstić information content (AvgIpc) is 3.71. The van der Waals surface area contributed by atoms with Crippen molar-refractivity contribution in [2.75, 3.05) is 73.2 Å². The third-order valence-corrected chi connectivity index (χ3v) is 12.3. The van der Waals surface area contributed by atoms with Crippen LogP contribution in [0, 0.1) is 0 Å². The number of methoxy groups -OCH3 is 2. The number of nitrogens with one attached hydrogen (secondary N) is 6. The largest absolute Gasteiger partial charge is 0.507 e. The molecule has 7 rings (SSSR count). The van der Waals surface area contributed by atoms with Gasteiger partial charge in [0, 0.05) is 68.7 Å². The molecule has 3 aliphatic heterocycles. The normalized spacial score (nSPS) is 25.9. The summed E-state index contributed by atoms with van der Waals surface area (Å²) in [4.78, 5) is 104. The number of ether oxygens (including phenoxy) is 6. The zero-order valence-electron chi connectivity index (χ0n) is 37.3. The molecule has 3 saturated heterocycles. The zero-order valence-corrected chi connectivity index (χ0v) is 37.3. The van der Waals surface area contributed by atoms with Gasteiger partial charge in [0.1, 0.15) is 29.0 Å². The molecule has 0 aromatic heterocycles. The number of carbonyl (C=O) groups excluding carboxylic acids is 8.